The van der Waals surface area contributed by atoms with Crippen molar-refractivity contribution in [2.24, 2.45) is 0 Å². The van der Waals surface area contributed by atoms with Gasteiger partial charge in [0.1, 0.15) is 18.1 Å². The van der Waals surface area contributed by atoms with Crippen LogP contribution in [-0.4, -0.2) is 54.7 Å². The van der Waals surface area contributed by atoms with Crippen molar-refractivity contribution in [1.29, 1.82) is 0 Å². The fraction of sp³-hybridized carbons (Fsp3) is 0.500. The van der Waals surface area contributed by atoms with Crippen LogP contribution in [0, 0.1) is 0 Å². The fourth-order valence-electron chi connectivity index (χ4n) is 1.52. The molecular weight excluding hydrogens is 275 g/mol. The average Bonchev–Trinajstić information content (AvgIpc) is 2.33. The second-order valence-electron chi connectivity index (χ2n) is 4.50. The summed E-state index contributed by atoms with van der Waals surface area (Å²) in [6.07, 6.45) is -4.55. The van der Waals surface area contributed by atoms with Crippen molar-refractivity contribution in [3.8, 4) is 0 Å². The normalized spacial score (nSPS) is 11.7. The number of carbonyl (C=O) groups is 1. The number of carboxylic acid groups (broad SMARTS) is 1. The van der Waals surface area contributed by atoms with E-state index in [1.54, 1.807) is 14.1 Å². The average molecular weight is 291 g/mol. The van der Waals surface area contributed by atoms with Crippen molar-refractivity contribution >= 4 is 11.8 Å². The minimum absolute atomic E-state index is 0.00377. The minimum Gasteiger partial charge on any atom is -0.480 e. The van der Waals surface area contributed by atoms with Gasteiger partial charge in [0.2, 0.25) is 0 Å². The largest absolute Gasteiger partial charge is 0.480 e. The molecule has 5 nitrogen and oxygen atoms in total. The molecule has 0 bridgehead atoms. The molecule has 0 spiro atoms. The highest BCUT2D eigenvalue weighted by Crippen LogP contribution is 2.28. The Hall–Kier alpha value is -1.83. The number of likely N-dealkylation sites (N-methyl/N-ethyl adjacent to an activating group) is 1. The van der Waals surface area contributed by atoms with Gasteiger partial charge in [0.05, 0.1) is 0 Å². The lowest BCUT2D eigenvalue weighted by atomic mass is 10.3. The summed E-state index contributed by atoms with van der Waals surface area (Å²) in [7, 11) is 3.58. The standard InChI is InChI=1S/C12H16F3N3O2/c1-17(2)6-7-18(8-11(19)20)10-5-3-4-9(16-10)12(13,14)15/h3-5H,6-8H2,1-2H3,(H,19,20). The molecule has 0 amide bonds. The first-order chi connectivity index (χ1) is 9.20. The number of anilines is 1. The number of alkyl halides is 3. The molecule has 0 unspecified atom stereocenters. The highest BCUT2D eigenvalue weighted by molar-refractivity contribution is 5.73. The molecule has 1 heterocycles. The maximum Gasteiger partial charge on any atom is 0.433 e. The Kier molecular flexibility index (Phi) is 5.32. The lowest BCUT2D eigenvalue weighted by Crippen LogP contribution is -2.36. The summed E-state index contributed by atoms with van der Waals surface area (Å²) in [5, 5.41) is 8.83. The first kappa shape index (κ1) is 16.2. The number of rotatable bonds is 6. The molecular formula is C12H16F3N3O2. The zero-order valence-corrected chi connectivity index (χ0v) is 11.2. The van der Waals surface area contributed by atoms with Gasteiger partial charge < -0.3 is 14.9 Å². The maximum absolute atomic E-state index is 12.6. The summed E-state index contributed by atoms with van der Waals surface area (Å²) in [5.74, 6) is -1.12. The van der Waals surface area contributed by atoms with Crippen LogP contribution < -0.4 is 4.90 Å². The number of aliphatic carboxylic acids is 1. The first-order valence-electron chi connectivity index (χ1n) is 5.86. The van der Waals surface area contributed by atoms with Crippen molar-refractivity contribution in [2.75, 3.05) is 38.6 Å². The molecule has 0 atom stereocenters. The highest BCUT2D eigenvalue weighted by Gasteiger charge is 2.32. The van der Waals surface area contributed by atoms with Crippen molar-refractivity contribution in [3.63, 3.8) is 0 Å². The van der Waals surface area contributed by atoms with Gasteiger partial charge in [-0.25, -0.2) is 4.98 Å². The summed E-state index contributed by atoms with van der Waals surface area (Å²) in [4.78, 5) is 17.4. The second kappa shape index (κ2) is 6.56. The molecule has 0 fully saturated rings. The van der Waals surface area contributed by atoms with Crippen LogP contribution in [0.1, 0.15) is 5.69 Å². The van der Waals surface area contributed by atoms with Crippen molar-refractivity contribution < 1.29 is 23.1 Å². The molecule has 20 heavy (non-hydrogen) atoms. The van der Waals surface area contributed by atoms with E-state index in [1.807, 2.05) is 4.90 Å². The van der Waals surface area contributed by atoms with Crippen molar-refractivity contribution in [1.82, 2.24) is 9.88 Å². The van der Waals surface area contributed by atoms with Gasteiger partial charge in [0.15, 0.2) is 0 Å². The van der Waals surface area contributed by atoms with E-state index in [1.165, 1.54) is 17.0 Å². The minimum atomic E-state index is -4.55. The van der Waals surface area contributed by atoms with E-state index in [4.69, 9.17) is 5.11 Å². The van der Waals surface area contributed by atoms with E-state index in [0.717, 1.165) is 6.07 Å². The van der Waals surface area contributed by atoms with E-state index in [0.29, 0.717) is 6.54 Å². The van der Waals surface area contributed by atoms with Gasteiger partial charge in [-0.05, 0) is 26.2 Å². The molecule has 0 saturated carbocycles. The van der Waals surface area contributed by atoms with Gasteiger partial charge in [-0.1, -0.05) is 6.07 Å². The number of nitrogens with zero attached hydrogens (tertiary/aromatic N) is 3. The monoisotopic (exact) mass is 291 g/mol. The second-order valence-corrected chi connectivity index (χ2v) is 4.50. The third-order valence-corrected chi connectivity index (χ3v) is 2.49. The molecule has 0 aliphatic heterocycles. The summed E-state index contributed by atoms with van der Waals surface area (Å²) >= 11 is 0. The Bertz CT molecular complexity index is 464. The summed E-state index contributed by atoms with van der Waals surface area (Å²) in [6.45, 7) is 0.376. The van der Waals surface area contributed by atoms with Crippen LogP contribution in [0.4, 0.5) is 19.0 Å². The summed E-state index contributed by atoms with van der Waals surface area (Å²) < 4.78 is 37.8. The van der Waals surface area contributed by atoms with E-state index < -0.39 is 24.4 Å². The van der Waals surface area contributed by atoms with Gasteiger partial charge in [-0.15, -0.1) is 0 Å². The van der Waals surface area contributed by atoms with E-state index in [2.05, 4.69) is 4.98 Å². The summed E-state index contributed by atoms with van der Waals surface area (Å²) in [5.41, 5.74) is -1.03. The van der Waals surface area contributed by atoms with Crippen LogP contribution in [-0.2, 0) is 11.0 Å². The van der Waals surface area contributed by atoms with Crippen LogP contribution >= 0.6 is 0 Å². The quantitative estimate of drug-likeness (QED) is 0.862. The van der Waals surface area contributed by atoms with Gasteiger partial charge in [-0.2, -0.15) is 13.2 Å². The highest BCUT2D eigenvalue weighted by atomic mass is 19.4. The number of hydrogen-bond acceptors (Lipinski definition) is 4. The van der Waals surface area contributed by atoms with Crippen LogP contribution in [0.2, 0.25) is 0 Å². The predicted molar refractivity (Wildman–Crippen MR) is 67.6 cm³/mol. The van der Waals surface area contributed by atoms with Crippen LogP contribution in [0.15, 0.2) is 18.2 Å². The smallest absolute Gasteiger partial charge is 0.433 e. The van der Waals surface area contributed by atoms with E-state index >= 15 is 0 Å². The molecule has 8 heteroatoms. The lowest BCUT2D eigenvalue weighted by Gasteiger charge is -2.24. The van der Waals surface area contributed by atoms with Crippen molar-refractivity contribution in [2.45, 2.75) is 6.18 Å². The molecule has 0 radical (unpaired) electrons. The maximum atomic E-state index is 12.6. The van der Waals surface area contributed by atoms with Crippen LogP contribution in [0.25, 0.3) is 0 Å². The van der Waals surface area contributed by atoms with Gasteiger partial charge in [0.25, 0.3) is 0 Å². The van der Waals surface area contributed by atoms with Gasteiger partial charge >= 0.3 is 12.1 Å². The molecule has 1 aromatic rings. The number of pyridine rings is 1. The van der Waals surface area contributed by atoms with Crippen molar-refractivity contribution in [3.05, 3.63) is 23.9 Å². The van der Waals surface area contributed by atoms with Crippen LogP contribution in [0.5, 0.6) is 0 Å². The number of halogens is 3. The Morgan fingerprint density at radius 2 is 1.95 bits per heavy atom. The van der Waals surface area contributed by atoms with Crippen LogP contribution in [0.3, 0.4) is 0 Å². The number of hydrogen-bond donors (Lipinski definition) is 1. The number of carboxylic acids is 1. The molecule has 0 aromatic carbocycles. The van der Waals surface area contributed by atoms with Gasteiger partial charge in [-0.3, -0.25) is 4.79 Å². The zero-order chi connectivity index (χ0) is 15.3. The van der Waals surface area contributed by atoms with E-state index in [9.17, 15) is 18.0 Å². The summed E-state index contributed by atoms with van der Waals surface area (Å²) in [6, 6.07) is 3.44. The van der Waals surface area contributed by atoms with E-state index in [-0.39, 0.29) is 12.4 Å². The molecule has 112 valence electrons. The van der Waals surface area contributed by atoms with Gasteiger partial charge in [0, 0.05) is 13.1 Å². The molecule has 0 saturated heterocycles. The third kappa shape index (κ3) is 5.04. The lowest BCUT2D eigenvalue weighted by molar-refractivity contribution is -0.141. The Morgan fingerprint density at radius 1 is 1.30 bits per heavy atom. The molecule has 1 aromatic heterocycles. The molecule has 1 rings (SSSR count). The third-order valence-electron chi connectivity index (χ3n) is 2.49. The molecule has 0 aliphatic rings. The Balaban J connectivity index is 2.97. The molecule has 1 N–H and O–H groups in total. The fourth-order valence-corrected chi connectivity index (χ4v) is 1.52. The number of aromatic nitrogens is 1. The predicted octanol–water partition coefficient (Wildman–Crippen LogP) is 1.55. The SMILES string of the molecule is CN(C)CCN(CC(=O)O)c1cccc(C(F)(F)F)n1. The Morgan fingerprint density at radius 3 is 2.45 bits per heavy atom. The Labute approximate surface area is 114 Å². The zero-order valence-electron chi connectivity index (χ0n) is 11.2. The first-order valence-corrected chi connectivity index (χ1v) is 5.86. The molecule has 0 aliphatic carbocycles. The topological polar surface area (TPSA) is 56.7 Å².